The minimum atomic E-state index is -7.31. The first-order chi connectivity index (χ1) is 18.3. The summed E-state index contributed by atoms with van der Waals surface area (Å²) in [7, 11) is -14.6. The van der Waals surface area contributed by atoms with Gasteiger partial charge < -0.3 is 0 Å². The molecule has 40 heavy (non-hydrogen) atoms. The first-order valence-corrected chi connectivity index (χ1v) is 17.4. The van der Waals surface area contributed by atoms with Crippen LogP contribution in [0.15, 0.2) is 72.8 Å². The molecule has 0 N–H and O–H groups in total. The van der Waals surface area contributed by atoms with E-state index in [2.05, 4.69) is 0 Å². The quantitative estimate of drug-likeness (QED) is 0.193. The molecule has 0 saturated carbocycles. The Morgan fingerprint density at radius 2 is 0.850 bits per heavy atom. The van der Waals surface area contributed by atoms with E-state index in [0.717, 1.165) is 72.8 Å². The van der Waals surface area contributed by atoms with Crippen molar-refractivity contribution in [1.29, 1.82) is 0 Å². The molecule has 0 spiro atoms. The topological polar surface area (TPSA) is 71.5 Å². The molecule has 0 bridgehead atoms. The van der Waals surface area contributed by atoms with Gasteiger partial charge in [-0.25, -0.2) is 0 Å². The van der Waals surface area contributed by atoms with Gasteiger partial charge in [-0.05, 0) is 0 Å². The first kappa shape index (κ1) is 32.9. The zero-order valence-corrected chi connectivity index (χ0v) is 24.9. The molecule has 17 heteroatoms. The molecule has 0 fully saturated rings. The molecule has 0 heterocycles. The standard InChI is InChI=1S/C23H19Cl3F6NO4PS2/c1-2-15-38(19-9-3-16(24)4-10-19,20-11-5-17(25)6-12-20,21-13-7-18(26)8-14-21)33(39(34,35)22(27,28)29)40(36,37)23(30,31)32/h3-14H,2,15H2,1H3. The van der Waals surface area contributed by atoms with E-state index in [1.54, 1.807) is 0 Å². The second-order valence-corrected chi connectivity index (χ2v) is 19.0. The summed E-state index contributed by atoms with van der Waals surface area (Å²) >= 11 is 18.0. The van der Waals surface area contributed by atoms with Crippen molar-refractivity contribution in [2.45, 2.75) is 24.4 Å². The summed E-state index contributed by atoms with van der Waals surface area (Å²) < 4.78 is 138. The van der Waals surface area contributed by atoms with E-state index in [0.29, 0.717) is 0 Å². The fourth-order valence-corrected chi connectivity index (χ4v) is 19.2. The van der Waals surface area contributed by atoms with Crippen LogP contribution in [-0.4, -0.2) is 37.5 Å². The molecular formula is C23H19Cl3F6NO4PS2. The van der Waals surface area contributed by atoms with Gasteiger partial charge >= 0.3 is 243 Å². The number of hydrogen-bond acceptors (Lipinski definition) is 4. The molecule has 0 radical (unpaired) electrons. The van der Waals surface area contributed by atoms with Crippen LogP contribution in [-0.2, 0) is 20.0 Å². The van der Waals surface area contributed by atoms with Crippen LogP contribution < -0.4 is 15.9 Å². The number of hydrogen-bond donors (Lipinski definition) is 0. The molecule has 0 aliphatic rings. The fraction of sp³-hybridized carbons (Fsp3) is 0.217. The molecule has 3 aromatic rings. The molecule has 0 atom stereocenters. The van der Waals surface area contributed by atoms with Gasteiger partial charge in [0.2, 0.25) is 0 Å². The molecule has 3 rings (SSSR count). The molecule has 0 saturated heterocycles. The Labute approximate surface area is 241 Å². The van der Waals surface area contributed by atoms with E-state index in [-0.39, 0.29) is 21.5 Å². The molecule has 0 amide bonds. The van der Waals surface area contributed by atoms with Crippen molar-refractivity contribution in [2.24, 2.45) is 0 Å². The normalized spacial score (nSPS) is 14.6. The zero-order valence-electron chi connectivity index (χ0n) is 20.1. The van der Waals surface area contributed by atoms with Gasteiger partial charge in [0.25, 0.3) is 0 Å². The van der Waals surface area contributed by atoms with Crippen LogP contribution in [0.25, 0.3) is 0 Å². The fourth-order valence-electron chi connectivity index (χ4n) is 4.70. The Bertz CT molecular complexity index is 1440. The van der Waals surface area contributed by atoms with Gasteiger partial charge in [0.05, 0.1) is 0 Å². The van der Waals surface area contributed by atoms with Crippen molar-refractivity contribution < 1.29 is 43.2 Å². The summed E-state index contributed by atoms with van der Waals surface area (Å²) in [5.74, 6) is 0. The van der Waals surface area contributed by atoms with Crippen LogP contribution in [0, 0.1) is 0 Å². The Morgan fingerprint density at radius 3 is 1.05 bits per heavy atom. The van der Waals surface area contributed by atoms with Gasteiger partial charge in [-0.2, -0.15) is 0 Å². The molecule has 0 aliphatic carbocycles. The van der Waals surface area contributed by atoms with Crippen molar-refractivity contribution in [1.82, 2.24) is 3.48 Å². The minimum absolute atomic E-state index is 0.00650. The molecule has 3 aromatic carbocycles. The maximum atomic E-state index is 14.4. The van der Waals surface area contributed by atoms with Gasteiger partial charge in [0.1, 0.15) is 0 Å². The van der Waals surface area contributed by atoms with Gasteiger partial charge in [0.15, 0.2) is 0 Å². The zero-order chi connectivity index (χ0) is 30.4. The second kappa shape index (κ2) is 10.9. The third-order valence-corrected chi connectivity index (χ3v) is 19.8. The summed E-state index contributed by atoms with van der Waals surface area (Å²) in [5, 5.41) is -1.39. The van der Waals surface area contributed by atoms with Crippen molar-refractivity contribution in [2.75, 3.05) is 6.16 Å². The Hall–Kier alpha value is -1.60. The maximum absolute atomic E-state index is 14.4. The summed E-state index contributed by atoms with van der Waals surface area (Å²) in [5.41, 5.74) is -13.0. The van der Waals surface area contributed by atoms with Gasteiger partial charge in [-0.1, -0.05) is 0 Å². The van der Waals surface area contributed by atoms with Crippen LogP contribution in [0.3, 0.4) is 0 Å². The average molecular weight is 689 g/mol. The van der Waals surface area contributed by atoms with Gasteiger partial charge in [0, 0.05) is 0 Å². The van der Waals surface area contributed by atoms with Gasteiger partial charge in [-0.3, -0.25) is 0 Å². The second-order valence-electron chi connectivity index (χ2n) is 8.48. The third kappa shape index (κ3) is 5.01. The molecular weight excluding hydrogens is 670 g/mol. The molecule has 0 unspecified atom stereocenters. The van der Waals surface area contributed by atoms with Gasteiger partial charge in [-0.15, -0.1) is 0 Å². The summed E-state index contributed by atoms with van der Waals surface area (Å²) in [6, 6.07) is 12.8. The van der Waals surface area contributed by atoms with Crippen LogP contribution in [0.1, 0.15) is 13.3 Å². The van der Waals surface area contributed by atoms with Crippen molar-refractivity contribution in [3.63, 3.8) is 0 Å². The Balaban J connectivity index is 2.92. The number of benzene rings is 3. The summed E-state index contributed by atoms with van der Waals surface area (Å²) in [6.45, 7) is -4.81. The number of halogens is 9. The van der Waals surface area contributed by atoms with Crippen molar-refractivity contribution in [3.05, 3.63) is 87.9 Å². The molecule has 220 valence electrons. The van der Waals surface area contributed by atoms with Crippen molar-refractivity contribution >= 4 is 77.5 Å². The summed E-state index contributed by atoms with van der Waals surface area (Å²) in [4.78, 5) is 0. The molecule has 0 aromatic heterocycles. The first-order valence-electron chi connectivity index (χ1n) is 11.0. The Kier molecular flexibility index (Phi) is 8.97. The van der Waals surface area contributed by atoms with E-state index in [1.165, 1.54) is 6.92 Å². The number of nitrogens with zero attached hydrogens (tertiary/aromatic N) is 1. The predicted octanol–water partition coefficient (Wildman–Crippen LogP) is 6.80. The van der Waals surface area contributed by atoms with Crippen LogP contribution in [0.4, 0.5) is 26.3 Å². The number of sulfonamides is 2. The molecule has 5 nitrogen and oxygen atoms in total. The predicted molar refractivity (Wildman–Crippen MR) is 147 cm³/mol. The van der Waals surface area contributed by atoms with E-state index < -0.39 is 63.4 Å². The Morgan fingerprint density at radius 1 is 0.600 bits per heavy atom. The SMILES string of the molecule is CCCP(c1ccc(Cl)cc1)(c1ccc(Cl)cc1)(c1ccc(Cl)cc1)N(S(=O)(=O)C(F)(F)F)S(=O)(=O)C(F)(F)F. The monoisotopic (exact) mass is 687 g/mol. The number of alkyl halides is 6. The van der Waals surface area contributed by atoms with Crippen LogP contribution in [0.2, 0.25) is 15.1 Å². The van der Waals surface area contributed by atoms with E-state index >= 15 is 0 Å². The third-order valence-electron chi connectivity index (χ3n) is 6.16. The van der Waals surface area contributed by atoms with Crippen LogP contribution in [0.5, 0.6) is 0 Å². The van der Waals surface area contributed by atoms with E-state index in [4.69, 9.17) is 34.8 Å². The summed E-state index contributed by atoms with van der Waals surface area (Å²) in [6.07, 6.45) is -1.08. The molecule has 0 aliphatic heterocycles. The van der Waals surface area contributed by atoms with E-state index in [9.17, 15) is 43.2 Å². The number of rotatable bonds is 8. The van der Waals surface area contributed by atoms with E-state index in [1.807, 2.05) is 0 Å². The van der Waals surface area contributed by atoms with Crippen molar-refractivity contribution in [3.8, 4) is 0 Å². The van der Waals surface area contributed by atoms with Crippen LogP contribution >= 0.6 is 41.6 Å². The average Bonchev–Trinajstić information content (AvgIpc) is 2.83.